The molecule has 0 aromatic rings. The number of carbonyl (C=O) groups excluding carboxylic acids is 1. The van der Waals surface area contributed by atoms with E-state index in [4.69, 9.17) is 9.47 Å². The summed E-state index contributed by atoms with van der Waals surface area (Å²) in [5.41, 5.74) is -0.0590. The largest absolute Gasteiger partial charge is 0.469 e. The molecule has 1 atom stereocenters. The lowest BCUT2D eigenvalue weighted by molar-refractivity contribution is -0.159. The van der Waals surface area contributed by atoms with Crippen LogP contribution >= 0.6 is 0 Å². The van der Waals surface area contributed by atoms with Crippen molar-refractivity contribution in [2.24, 2.45) is 28.6 Å². The van der Waals surface area contributed by atoms with Crippen LogP contribution in [0.25, 0.3) is 0 Å². The average Bonchev–Trinajstić information content (AvgIpc) is 2.44. The molecule has 3 nitrogen and oxygen atoms in total. The lowest BCUT2D eigenvalue weighted by Crippen LogP contribution is -2.48. The second-order valence-electron chi connectivity index (χ2n) is 8.32. The van der Waals surface area contributed by atoms with E-state index in [0.717, 1.165) is 30.8 Å². The van der Waals surface area contributed by atoms with Crippen LogP contribution in [0.5, 0.6) is 0 Å². The third kappa shape index (κ3) is 2.86. The zero-order valence-electron chi connectivity index (χ0n) is 13.8. The first-order valence-corrected chi connectivity index (χ1v) is 8.65. The van der Waals surface area contributed by atoms with Gasteiger partial charge in [-0.1, -0.05) is 6.92 Å². The monoisotopic (exact) mass is 294 g/mol. The van der Waals surface area contributed by atoms with Crippen molar-refractivity contribution >= 4 is 5.97 Å². The predicted octanol–water partition coefficient (Wildman–Crippen LogP) is 3.81. The van der Waals surface area contributed by atoms with Gasteiger partial charge in [0.1, 0.15) is 0 Å². The van der Waals surface area contributed by atoms with E-state index >= 15 is 0 Å². The van der Waals surface area contributed by atoms with Crippen molar-refractivity contribution in [3.05, 3.63) is 0 Å². The average molecular weight is 294 g/mol. The van der Waals surface area contributed by atoms with Crippen LogP contribution in [0, 0.1) is 28.6 Å². The number of rotatable bonds is 6. The first kappa shape index (κ1) is 15.3. The molecule has 4 aliphatic rings. The Kier molecular flexibility index (Phi) is 4.06. The first-order valence-electron chi connectivity index (χ1n) is 8.65. The Hall–Kier alpha value is -0.570. The zero-order valence-corrected chi connectivity index (χ0v) is 13.8. The fourth-order valence-electron chi connectivity index (χ4n) is 5.51. The van der Waals surface area contributed by atoms with Gasteiger partial charge in [0.05, 0.1) is 25.7 Å². The van der Waals surface area contributed by atoms with Gasteiger partial charge in [-0.15, -0.1) is 0 Å². The highest BCUT2D eigenvalue weighted by Gasteiger charge is 2.51. The van der Waals surface area contributed by atoms with Gasteiger partial charge in [0, 0.05) is 0 Å². The summed E-state index contributed by atoms with van der Waals surface area (Å²) in [6.07, 6.45) is 9.25. The highest BCUT2D eigenvalue weighted by Crippen LogP contribution is 2.60. The van der Waals surface area contributed by atoms with Crippen LogP contribution in [-0.2, 0) is 14.3 Å². The van der Waals surface area contributed by atoms with Crippen LogP contribution in [0.1, 0.15) is 58.8 Å². The van der Waals surface area contributed by atoms with Gasteiger partial charge in [0.15, 0.2) is 0 Å². The van der Waals surface area contributed by atoms with Crippen molar-refractivity contribution < 1.29 is 14.3 Å². The number of hydrogen-bond donors (Lipinski definition) is 0. The molecular weight excluding hydrogens is 264 g/mol. The van der Waals surface area contributed by atoms with Crippen LogP contribution in [0.4, 0.5) is 0 Å². The molecule has 4 saturated carbocycles. The normalized spacial score (nSPS) is 40.0. The molecule has 21 heavy (non-hydrogen) atoms. The van der Waals surface area contributed by atoms with Crippen molar-refractivity contribution in [3.63, 3.8) is 0 Å². The van der Waals surface area contributed by atoms with Gasteiger partial charge in [0.25, 0.3) is 0 Å². The first-order chi connectivity index (χ1) is 9.98. The smallest absolute Gasteiger partial charge is 0.313 e. The van der Waals surface area contributed by atoms with E-state index in [2.05, 4.69) is 0 Å². The van der Waals surface area contributed by atoms with Gasteiger partial charge in [-0.2, -0.15) is 0 Å². The summed E-state index contributed by atoms with van der Waals surface area (Å²) >= 11 is 0. The highest BCUT2D eigenvalue weighted by molar-refractivity contribution is 5.76. The van der Waals surface area contributed by atoms with Crippen LogP contribution in [-0.4, -0.2) is 26.3 Å². The Bertz CT molecular complexity index is 368. The summed E-state index contributed by atoms with van der Waals surface area (Å²) in [4.78, 5) is 11.9. The van der Waals surface area contributed by atoms with Crippen LogP contribution in [0.3, 0.4) is 0 Å². The number of ether oxygens (including phenoxy) is 2. The summed E-state index contributed by atoms with van der Waals surface area (Å²) in [6.45, 7) is 5.34. The molecule has 1 unspecified atom stereocenters. The van der Waals surface area contributed by atoms with E-state index in [9.17, 15) is 4.79 Å². The molecule has 3 heteroatoms. The van der Waals surface area contributed by atoms with Gasteiger partial charge < -0.3 is 9.47 Å². The molecule has 120 valence electrons. The lowest BCUT2D eigenvalue weighted by atomic mass is 9.50. The fraction of sp³-hybridized carbons (Fsp3) is 0.944. The summed E-state index contributed by atoms with van der Waals surface area (Å²) in [6, 6.07) is 0. The quantitative estimate of drug-likeness (QED) is 0.699. The number of hydrogen-bond acceptors (Lipinski definition) is 3. The predicted molar refractivity (Wildman–Crippen MR) is 81.8 cm³/mol. The second-order valence-corrected chi connectivity index (χ2v) is 8.32. The Balaban J connectivity index is 1.57. The summed E-state index contributed by atoms with van der Waals surface area (Å²) in [7, 11) is 1.47. The molecule has 0 heterocycles. The van der Waals surface area contributed by atoms with Crippen LogP contribution in [0.15, 0.2) is 0 Å². The fourth-order valence-corrected chi connectivity index (χ4v) is 5.51. The number of methoxy groups -OCH3 is 1. The molecular formula is C18H30O3. The molecule has 0 saturated heterocycles. The van der Waals surface area contributed by atoms with E-state index in [0.29, 0.717) is 12.0 Å². The maximum Gasteiger partial charge on any atom is 0.313 e. The van der Waals surface area contributed by atoms with Gasteiger partial charge in [-0.25, -0.2) is 0 Å². The van der Waals surface area contributed by atoms with Crippen LogP contribution in [0.2, 0.25) is 0 Å². The van der Waals surface area contributed by atoms with E-state index in [1.54, 1.807) is 0 Å². The Morgan fingerprint density at radius 1 is 1.14 bits per heavy atom. The molecule has 0 aromatic carbocycles. The molecule has 0 aliphatic heterocycles. The third-order valence-electron chi connectivity index (χ3n) is 6.45. The minimum absolute atomic E-state index is 0.143. The van der Waals surface area contributed by atoms with Crippen molar-refractivity contribution in [2.45, 2.75) is 58.8 Å². The minimum atomic E-state index is -0.489. The van der Waals surface area contributed by atoms with Gasteiger partial charge >= 0.3 is 5.97 Å². The minimum Gasteiger partial charge on any atom is -0.469 e. The molecule has 4 fully saturated rings. The maximum atomic E-state index is 11.9. The topological polar surface area (TPSA) is 35.5 Å². The summed E-state index contributed by atoms with van der Waals surface area (Å²) < 4.78 is 11.0. The van der Waals surface area contributed by atoms with Gasteiger partial charge in [-0.3, -0.25) is 4.79 Å². The molecule has 0 amide bonds. The standard InChI is InChI=1S/C18H30O3/c1-4-17(2,16(19)20-3)11-21-12-18-8-13-5-14(9-18)7-15(6-13)10-18/h13-15H,4-12H2,1-3H3. The molecule has 4 aliphatic carbocycles. The lowest BCUT2D eigenvalue weighted by Gasteiger charge is -2.56. The van der Waals surface area contributed by atoms with Crippen molar-refractivity contribution in [1.82, 2.24) is 0 Å². The Morgan fingerprint density at radius 3 is 2.10 bits per heavy atom. The van der Waals surface area contributed by atoms with E-state index in [-0.39, 0.29) is 5.97 Å². The van der Waals surface area contributed by atoms with E-state index < -0.39 is 5.41 Å². The Labute approximate surface area is 128 Å². The Morgan fingerprint density at radius 2 is 1.67 bits per heavy atom. The van der Waals surface area contributed by atoms with Crippen molar-refractivity contribution in [3.8, 4) is 0 Å². The highest BCUT2D eigenvalue weighted by atomic mass is 16.5. The summed E-state index contributed by atoms with van der Waals surface area (Å²) in [5, 5.41) is 0. The third-order valence-corrected chi connectivity index (χ3v) is 6.45. The van der Waals surface area contributed by atoms with Gasteiger partial charge in [-0.05, 0) is 75.0 Å². The molecule has 4 bridgehead atoms. The molecule has 4 rings (SSSR count). The summed E-state index contributed by atoms with van der Waals surface area (Å²) in [5.74, 6) is 2.73. The number of esters is 1. The maximum absolute atomic E-state index is 11.9. The van der Waals surface area contributed by atoms with Crippen molar-refractivity contribution in [2.75, 3.05) is 20.3 Å². The van der Waals surface area contributed by atoms with E-state index in [1.807, 2.05) is 13.8 Å². The SMILES string of the molecule is CCC(C)(COCC12CC3CC(CC(C3)C1)C2)C(=O)OC. The molecule has 0 radical (unpaired) electrons. The van der Waals surface area contributed by atoms with E-state index in [1.165, 1.54) is 45.6 Å². The van der Waals surface area contributed by atoms with Crippen molar-refractivity contribution in [1.29, 1.82) is 0 Å². The molecule has 0 N–H and O–H groups in total. The van der Waals surface area contributed by atoms with Gasteiger partial charge in [0.2, 0.25) is 0 Å². The number of carbonyl (C=O) groups is 1. The zero-order chi connectivity index (χ0) is 15.1. The second kappa shape index (κ2) is 5.57. The molecule has 0 spiro atoms. The van der Waals surface area contributed by atoms with Crippen LogP contribution < -0.4 is 0 Å². The molecule has 0 aromatic heterocycles.